The number of nitrogens with zero attached hydrogens (tertiary/aromatic N) is 1. The van der Waals surface area contributed by atoms with Gasteiger partial charge in [-0.05, 0) is 6.42 Å². The molecule has 5 heteroatoms. The molecule has 1 unspecified atom stereocenters. The number of amides is 1. The van der Waals surface area contributed by atoms with Crippen LogP contribution in [-0.2, 0) is 4.79 Å². The van der Waals surface area contributed by atoms with Gasteiger partial charge in [-0.25, -0.2) is 5.01 Å². The van der Waals surface area contributed by atoms with Crippen LogP contribution in [0.1, 0.15) is 12.8 Å². The molecule has 2 saturated heterocycles. The zero-order valence-electron chi connectivity index (χ0n) is 6.76. The minimum absolute atomic E-state index is 0. The number of nitrogens with one attached hydrogen (secondary N) is 2. The Hall–Kier alpha value is 0.390. The molecule has 0 saturated carbocycles. The summed E-state index contributed by atoms with van der Waals surface area (Å²) >= 11 is 0. The van der Waals surface area contributed by atoms with E-state index in [0.29, 0.717) is 6.42 Å². The zero-order valence-corrected chi connectivity index (χ0v) is 8.76. The standard InChI is InChI=1S/C6H11N3O.Na/c10-6-2-4-9-5(8-6)1-3-7-9;/h5,7H,1-4H2,(H,8,10);. The molecule has 57 valence electrons. The Morgan fingerprint density at radius 1 is 1.55 bits per heavy atom. The Balaban J connectivity index is 0.000000605. The van der Waals surface area contributed by atoms with Crippen molar-refractivity contribution < 1.29 is 4.79 Å². The second-order valence-electron chi connectivity index (χ2n) is 2.72. The number of rotatable bonds is 0. The van der Waals surface area contributed by atoms with Crippen LogP contribution in [0.4, 0.5) is 0 Å². The monoisotopic (exact) mass is 164 g/mol. The normalized spacial score (nSPS) is 30.5. The minimum atomic E-state index is 0. The molecule has 0 aromatic carbocycles. The van der Waals surface area contributed by atoms with Crippen molar-refractivity contribution in [1.82, 2.24) is 15.8 Å². The topological polar surface area (TPSA) is 44.4 Å². The molecule has 2 rings (SSSR count). The van der Waals surface area contributed by atoms with Gasteiger partial charge in [-0.15, -0.1) is 0 Å². The van der Waals surface area contributed by atoms with Crippen LogP contribution in [-0.4, -0.2) is 59.7 Å². The van der Waals surface area contributed by atoms with Gasteiger partial charge < -0.3 is 5.32 Å². The second-order valence-corrected chi connectivity index (χ2v) is 2.72. The molecule has 11 heavy (non-hydrogen) atoms. The quantitative estimate of drug-likeness (QED) is 0.436. The molecule has 1 amide bonds. The van der Waals surface area contributed by atoms with Gasteiger partial charge in [0.25, 0.3) is 0 Å². The van der Waals surface area contributed by atoms with Crippen LogP contribution in [0.3, 0.4) is 0 Å². The van der Waals surface area contributed by atoms with Gasteiger partial charge in [-0.3, -0.25) is 10.2 Å². The molecule has 0 spiro atoms. The summed E-state index contributed by atoms with van der Waals surface area (Å²) in [6.45, 7) is 1.85. The molecule has 0 aromatic heterocycles. The van der Waals surface area contributed by atoms with Crippen LogP contribution in [0.25, 0.3) is 0 Å². The van der Waals surface area contributed by atoms with E-state index in [9.17, 15) is 4.79 Å². The second kappa shape index (κ2) is 3.87. The summed E-state index contributed by atoms with van der Waals surface area (Å²) in [4.78, 5) is 10.8. The average Bonchev–Trinajstić information content (AvgIpc) is 2.33. The summed E-state index contributed by atoms with van der Waals surface area (Å²) in [5, 5.41) is 5.00. The Labute approximate surface area is 88.0 Å². The van der Waals surface area contributed by atoms with Gasteiger partial charge in [-0.1, -0.05) is 0 Å². The molecule has 0 bridgehead atoms. The van der Waals surface area contributed by atoms with Gasteiger partial charge >= 0.3 is 0 Å². The molecule has 2 N–H and O–H groups in total. The van der Waals surface area contributed by atoms with Crippen molar-refractivity contribution in [1.29, 1.82) is 0 Å². The van der Waals surface area contributed by atoms with E-state index in [1.54, 1.807) is 0 Å². The Morgan fingerprint density at radius 2 is 2.36 bits per heavy atom. The first kappa shape index (κ1) is 9.48. The Kier molecular flexibility index (Phi) is 3.33. The fraction of sp³-hybridized carbons (Fsp3) is 0.833. The third kappa shape index (κ3) is 1.95. The SMILES string of the molecule is O=C1CCN2NCCC2N1.[Na]. The number of fused-ring (bicyclic) bond motifs is 1. The number of hydrazine groups is 1. The van der Waals surface area contributed by atoms with Crippen LogP contribution < -0.4 is 10.7 Å². The van der Waals surface area contributed by atoms with E-state index >= 15 is 0 Å². The van der Waals surface area contributed by atoms with Crippen molar-refractivity contribution in [2.75, 3.05) is 13.1 Å². The van der Waals surface area contributed by atoms with Gasteiger partial charge in [0.2, 0.25) is 5.91 Å². The van der Waals surface area contributed by atoms with Gasteiger partial charge in [0.15, 0.2) is 0 Å². The van der Waals surface area contributed by atoms with Crippen molar-refractivity contribution in [2.45, 2.75) is 19.0 Å². The Morgan fingerprint density at radius 3 is 3.18 bits per heavy atom. The summed E-state index contributed by atoms with van der Waals surface area (Å²) in [6.07, 6.45) is 1.93. The first-order valence-corrected chi connectivity index (χ1v) is 3.66. The van der Waals surface area contributed by atoms with Crippen molar-refractivity contribution in [2.24, 2.45) is 0 Å². The van der Waals surface area contributed by atoms with E-state index < -0.39 is 0 Å². The smallest absolute Gasteiger partial charge is 0.222 e. The van der Waals surface area contributed by atoms with Crippen molar-refractivity contribution >= 4 is 35.5 Å². The van der Waals surface area contributed by atoms with Crippen LogP contribution >= 0.6 is 0 Å². The molecule has 2 heterocycles. The third-order valence-corrected chi connectivity index (χ3v) is 2.02. The molecular weight excluding hydrogens is 153 g/mol. The van der Waals surface area contributed by atoms with E-state index in [1.165, 1.54) is 0 Å². The first-order chi connectivity index (χ1) is 4.86. The molecule has 0 aliphatic carbocycles. The van der Waals surface area contributed by atoms with E-state index in [1.807, 2.05) is 0 Å². The first-order valence-electron chi connectivity index (χ1n) is 3.66. The van der Waals surface area contributed by atoms with Gasteiger partial charge in [-0.2, -0.15) is 0 Å². The predicted octanol–water partition coefficient (Wildman–Crippen LogP) is -1.34. The zero-order chi connectivity index (χ0) is 6.97. The fourth-order valence-corrected chi connectivity index (χ4v) is 1.48. The fourth-order valence-electron chi connectivity index (χ4n) is 1.48. The van der Waals surface area contributed by atoms with E-state index in [4.69, 9.17) is 0 Å². The molecule has 2 fully saturated rings. The number of hydrogen-bond acceptors (Lipinski definition) is 3. The van der Waals surface area contributed by atoms with Crippen LogP contribution in [0.15, 0.2) is 0 Å². The van der Waals surface area contributed by atoms with Crippen LogP contribution in [0.5, 0.6) is 0 Å². The molecule has 4 nitrogen and oxygen atoms in total. The molecule has 0 aromatic rings. The maximum absolute atomic E-state index is 10.8. The largest absolute Gasteiger partial charge is 0.339 e. The molecular formula is C6H11N3NaO. The van der Waals surface area contributed by atoms with Crippen LogP contribution in [0, 0.1) is 0 Å². The van der Waals surface area contributed by atoms with E-state index in [0.717, 1.165) is 19.5 Å². The summed E-state index contributed by atoms with van der Waals surface area (Å²) in [5.41, 5.74) is 3.20. The summed E-state index contributed by atoms with van der Waals surface area (Å²) in [5.74, 6) is 0.185. The van der Waals surface area contributed by atoms with Gasteiger partial charge in [0.1, 0.15) is 0 Å². The van der Waals surface area contributed by atoms with Crippen LogP contribution in [0.2, 0.25) is 0 Å². The van der Waals surface area contributed by atoms with Gasteiger partial charge in [0, 0.05) is 49.1 Å². The summed E-state index contributed by atoms with van der Waals surface area (Å²) in [7, 11) is 0. The van der Waals surface area contributed by atoms with Crippen molar-refractivity contribution in [3.63, 3.8) is 0 Å². The number of hydrogen-bond donors (Lipinski definition) is 2. The van der Waals surface area contributed by atoms with Gasteiger partial charge in [0.05, 0.1) is 6.17 Å². The summed E-state index contributed by atoms with van der Waals surface area (Å²) < 4.78 is 0. The summed E-state index contributed by atoms with van der Waals surface area (Å²) in [6, 6.07) is 0. The molecule has 1 atom stereocenters. The van der Waals surface area contributed by atoms with E-state index in [2.05, 4.69) is 15.8 Å². The molecule has 2 aliphatic rings. The maximum atomic E-state index is 10.8. The maximum Gasteiger partial charge on any atom is 0.222 e. The predicted molar refractivity (Wildman–Crippen MR) is 41.6 cm³/mol. The van der Waals surface area contributed by atoms with Crippen molar-refractivity contribution in [3.05, 3.63) is 0 Å². The minimum Gasteiger partial charge on any atom is -0.339 e. The number of carbonyl (C=O) groups is 1. The van der Waals surface area contributed by atoms with Crippen molar-refractivity contribution in [3.8, 4) is 0 Å². The third-order valence-electron chi connectivity index (χ3n) is 2.02. The molecule has 1 radical (unpaired) electrons. The Bertz CT molecular complexity index is 164. The average molecular weight is 164 g/mol. The van der Waals surface area contributed by atoms with E-state index in [-0.39, 0.29) is 41.6 Å². The number of carbonyl (C=O) groups excluding carboxylic acids is 1. The molecule has 2 aliphatic heterocycles.